The van der Waals surface area contributed by atoms with E-state index in [0.717, 1.165) is 5.69 Å². The van der Waals surface area contributed by atoms with Gasteiger partial charge in [-0.1, -0.05) is 11.6 Å². The van der Waals surface area contributed by atoms with Gasteiger partial charge in [0.1, 0.15) is 5.84 Å². The van der Waals surface area contributed by atoms with Crippen LogP contribution in [0.25, 0.3) is 0 Å². The lowest BCUT2D eigenvalue weighted by atomic mass is 9.88. The van der Waals surface area contributed by atoms with E-state index in [4.69, 9.17) is 16.3 Å². The number of aromatic nitrogens is 1. The standard InChI is InChI=1S/C17H14ClN3O3/c1-24-14-9-11(4-6-19-14)21-7-5-17(23)15(22)12-8-10(18)2-3-13(12)20-16(17)21/h2-4,6,8-9,23H,5,7H2,1H3. The Bertz CT molecular complexity index is 883. The lowest BCUT2D eigenvalue weighted by Gasteiger charge is -2.29. The minimum atomic E-state index is -1.63. The molecule has 1 fully saturated rings. The SMILES string of the molecule is COc1cc(N2CCC3(O)C(=O)c4cc(Cl)ccc4N=C23)ccn1. The minimum Gasteiger partial charge on any atom is -0.481 e. The number of ketones is 1. The van der Waals surface area contributed by atoms with Gasteiger partial charge in [-0.2, -0.15) is 0 Å². The maximum Gasteiger partial charge on any atom is 0.214 e. The molecule has 3 heterocycles. The Labute approximate surface area is 143 Å². The first-order chi connectivity index (χ1) is 11.5. The van der Waals surface area contributed by atoms with Gasteiger partial charge >= 0.3 is 0 Å². The largest absolute Gasteiger partial charge is 0.481 e. The van der Waals surface area contributed by atoms with Crippen LogP contribution in [0.5, 0.6) is 5.88 Å². The maximum absolute atomic E-state index is 12.8. The third kappa shape index (κ3) is 2.11. The van der Waals surface area contributed by atoms with E-state index in [1.165, 1.54) is 7.11 Å². The highest BCUT2D eigenvalue weighted by atomic mass is 35.5. The summed E-state index contributed by atoms with van der Waals surface area (Å²) >= 11 is 5.97. The highest BCUT2D eigenvalue weighted by Crippen LogP contribution is 2.40. The average Bonchev–Trinajstić information content (AvgIpc) is 2.94. The zero-order valence-electron chi connectivity index (χ0n) is 12.9. The number of halogens is 1. The second-order valence-electron chi connectivity index (χ2n) is 5.74. The third-order valence-electron chi connectivity index (χ3n) is 4.37. The van der Waals surface area contributed by atoms with Gasteiger partial charge in [-0.05, 0) is 24.3 Å². The fraction of sp³-hybridized carbons (Fsp3) is 0.235. The van der Waals surface area contributed by atoms with Crippen LogP contribution in [-0.4, -0.2) is 41.0 Å². The van der Waals surface area contributed by atoms with Crippen molar-refractivity contribution < 1.29 is 14.6 Å². The van der Waals surface area contributed by atoms with Crippen LogP contribution in [0.3, 0.4) is 0 Å². The Balaban J connectivity index is 1.84. The second kappa shape index (κ2) is 5.29. The van der Waals surface area contributed by atoms with E-state index in [0.29, 0.717) is 34.5 Å². The van der Waals surface area contributed by atoms with E-state index >= 15 is 0 Å². The van der Waals surface area contributed by atoms with Crippen LogP contribution in [-0.2, 0) is 0 Å². The molecule has 1 aromatic carbocycles. The summed E-state index contributed by atoms with van der Waals surface area (Å²) in [5, 5.41) is 11.4. The Hall–Kier alpha value is -2.44. The molecule has 7 heteroatoms. The number of ether oxygens (including phenoxy) is 1. The highest BCUT2D eigenvalue weighted by molar-refractivity contribution is 6.33. The van der Waals surface area contributed by atoms with Gasteiger partial charge in [0, 0.05) is 41.5 Å². The molecular weight excluding hydrogens is 330 g/mol. The Morgan fingerprint density at radius 1 is 1.33 bits per heavy atom. The molecule has 0 saturated carbocycles. The van der Waals surface area contributed by atoms with Crippen molar-refractivity contribution in [1.82, 2.24) is 4.98 Å². The van der Waals surface area contributed by atoms with Crippen LogP contribution in [0, 0.1) is 0 Å². The zero-order valence-corrected chi connectivity index (χ0v) is 13.6. The van der Waals surface area contributed by atoms with Crippen molar-refractivity contribution in [1.29, 1.82) is 0 Å². The highest BCUT2D eigenvalue weighted by Gasteiger charge is 2.52. The number of hydrogen-bond acceptors (Lipinski definition) is 6. The molecule has 6 nitrogen and oxygen atoms in total. The number of Topliss-reactive ketones (excluding diaryl/α,β-unsaturated/α-hetero) is 1. The number of benzene rings is 1. The van der Waals surface area contributed by atoms with Crippen LogP contribution in [0.2, 0.25) is 5.02 Å². The number of anilines is 1. The number of carbonyl (C=O) groups is 1. The predicted octanol–water partition coefficient (Wildman–Crippen LogP) is 2.61. The first-order valence-electron chi connectivity index (χ1n) is 7.46. The Kier molecular flexibility index (Phi) is 3.33. The summed E-state index contributed by atoms with van der Waals surface area (Å²) in [4.78, 5) is 23.3. The van der Waals surface area contributed by atoms with Crippen LogP contribution in [0.15, 0.2) is 41.5 Å². The molecule has 0 radical (unpaired) electrons. The molecule has 4 rings (SSSR count). The van der Waals surface area contributed by atoms with Gasteiger partial charge < -0.3 is 14.7 Å². The van der Waals surface area contributed by atoms with Crippen molar-refractivity contribution in [3.8, 4) is 5.88 Å². The molecule has 2 aromatic rings. The summed E-state index contributed by atoms with van der Waals surface area (Å²) in [5.74, 6) is 0.418. The van der Waals surface area contributed by atoms with E-state index < -0.39 is 5.60 Å². The van der Waals surface area contributed by atoms with Crippen molar-refractivity contribution in [2.24, 2.45) is 4.99 Å². The smallest absolute Gasteiger partial charge is 0.214 e. The van der Waals surface area contributed by atoms with E-state index in [9.17, 15) is 9.90 Å². The van der Waals surface area contributed by atoms with Crippen molar-refractivity contribution in [3.63, 3.8) is 0 Å². The molecule has 1 N–H and O–H groups in total. The second-order valence-corrected chi connectivity index (χ2v) is 6.18. The molecule has 1 aromatic heterocycles. The van der Waals surface area contributed by atoms with Crippen LogP contribution >= 0.6 is 11.6 Å². The number of fused-ring (bicyclic) bond motifs is 2. The molecule has 1 atom stereocenters. The van der Waals surface area contributed by atoms with Crippen LogP contribution < -0.4 is 9.64 Å². The number of carbonyl (C=O) groups excluding carboxylic acids is 1. The van der Waals surface area contributed by atoms with Crippen molar-refractivity contribution >= 4 is 34.6 Å². The first kappa shape index (κ1) is 15.1. The van der Waals surface area contributed by atoms with Crippen molar-refractivity contribution in [3.05, 3.63) is 47.1 Å². The number of aliphatic hydroxyl groups is 1. The summed E-state index contributed by atoms with van der Waals surface area (Å²) in [6, 6.07) is 8.45. The number of hydrogen-bond donors (Lipinski definition) is 1. The lowest BCUT2D eigenvalue weighted by Crippen LogP contribution is -2.48. The van der Waals surface area contributed by atoms with E-state index in [1.807, 2.05) is 4.90 Å². The predicted molar refractivity (Wildman–Crippen MR) is 90.6 cm³/mol. The van der Waals surface area contributed by atoms with Crippen LogP contribution in [0.1, 0.15) is 16.8 Å². The molecule has 122 valence electrons. The molecule has 2 aliphatic rings. The molecule has 0 amide bonds. The summed E-state index contributed by atoms with van der Waals surface area (Å²) in [5.41, 5.74) is -0.00424. The Morgan fingerprint density at radius 2 is 2.17 bits per heavy atom. The fourth-order valence-electron chi connectivity index (χ4n) is 3.14. The number of rotatable bonds is 2. The molecule has 0 bridgehead atoms. The zero-order chi connectivity index (χ0) is 16.9. The van der Waals surface area contributed by atoms with Gasteiger partial charge in [-0.15, -0.1) is 0 Å². The Morgan fingerprint density at radius 3 is 2.96 bits per heavy atom. The topological polar surface area (TPSA) is 75.0 Å². The maximum atomic E-state index is 12.8. The first-order valence-corrected chi connectivity index (χ1v) is 7.84. The third-order valence-corrected chi connectivity index (χ3v) is 4.60. The minimum absolute atomic E-state index is 0.265. The van der Waals surface area contributed by atoms with Crippen LogP contribution in [0.4, 0.5) is 11.4 Å². The monoisotopic (exact) mass is 343 g/mol. The normalized spacial score (nSPS) is 22.0. The lowest BCUT2D eigenvalue weighted by molar-refractivity contribution is 0.0602. The van der Waals surface area contributed by atoms with E-state index in [1.54, 1.807) is 36.5 Å². The summed E-state index contributed by atoms with van der Waals surface area (Å²) < 4.78 is 5.14. The van der Waals surface area contributed by atoms with Crippen molar-refractivity contribution in [2.45, 2.75) is 12.0 Å². The van der Waals surface area contributed by atoms with Gasteiger partial charge in [0.15, 0.2) is 5.60 Å². The van der Waals surface area contributed by atoms with Gasteiger partial charge in [0.05, 0.1) is 12.8 Å². The quantitative estimate of drug-likeness (QED) is 0.907. The molecule has 2 aliphatic heterocycles. The summed E-state index contributed by atoms with van der Waals surface area (Å²) in [6.45, 7) is 0.468. The van der Waals surface area contributed by atoms with E-state index in [-0.39, 0.29) is 12.2 Å². The molecule has 1 unspecified atom stereocenters. The van der Waals surface area contributed by atoms with Crippen molar-refractivity contribution in [2.75, 3.05) is 18.6 Å². The molecule has 0 spiro atoms. The summed E-state index contributed by atoms with van der Waals surface area (Å²) in [7, 11) is 1.54. The molecular formula is C17H14ClN3O3. The number of aliphatic imine (C=N–C) groups is 1. The number of pyridine rings is 1. The molecule has 1 saturated heterocycles. The average molecular weight is 344 g/mol. The van der Waals surface area contributed by atoms with E-state index in [2.05, 4.69) is 9.98 Å². The molecule has 0 aliphatic carbocycles. The fourth-order valence-corrected chi connectivity index (χ4v) is 3.31. The van der Waals surface area contributed by atoms with Gasteiger partial charge in [0.2, 0.25) is 11.7 Å². The number of methoxy groups -OCH3 is 1. The number of amidine groups is 1. The summed E-state index contributed by atoms with van der Waals surface area (Å²) in [6.07, 6.45) is 1.88. The van der Waals surface area contributed by atoms with Gasteiger partial charge in [-0.25, -0.2) is 9.98 Å². The number of nitrogens with zero attached hydrogens (tertiary/aromatic N) is 3. The van der Waals surface area contributed by atoms with Gasteiger partial charge in [-0.3, -0.25) is 4.79 Å². The van der Waals surface area contributed by atoms with Gasteiger partial charge in [0.25, 0.3) is 0 Å². The molecule has 24 heavy (non-hydrogen) atoms.